The quantitative estimate of drug-likeness (QED) is 0.896. The average Bonchev–Trinajstić information content (AvgIpc) is 3.11. The largest absolute Gasteiger partial charge is 0.496 e. The van der Waals surface area contributed by atoms with E-state index in [0.29, 0.717) is 5.92 Å². The average molecular weight is 260 g/mol. The predicted octanol–water partition coefficient (Wildman–Crippen LogP) is 3.78. The van der Waals surface area contributed by atoms with Gasteiger partial charge in [-0.25, -0.2) is 0 Å². The van der Waals surface area contributed by atoms with Crippen molar-refractivity contribution in [2.24, 2.45) is 17.8 Å². The molecule has 1 aromatic rings. The summed E-state index contributed by atoms with van der Waals surface area (Å²) in [5, 5.41) is 10.7. The molecule has 1 N–H and O–H groups in total. The van der Waals surface area contributed by atoms with Crippen molar-refractivity contribution in [2.75, 3.05) is 7.11 Å². The minimum Gasteiger partial charge on any atom is -0.496 e. The fourth-order valence-electron chi connectivity index (χ4n) is 4.21. The fourth-order valence-corrected chi connectivity index (χ4v) is 4.21. The molecule has 1 aromatic carbocycles. The fraction of sp³-hybridized carbons (Fsp3) is 0.647. The number of rotatable bonds is 3. The first-order chi connectivity index (χ1) is 9.13. The van der Waals surface area contributed by atoms with Gasteiger partial charge in [0.1, 0.15) is 5.75 Å². The second-order valence-corrected chi connectivity index (χ2v) is 6.32. The summed E-state index contributed by atoms with van der Waals surface area (Å²) in [4.78, 5) is 0. The summed E-state index contributed by atoms with van der Waals surface area (Å²) in [5.41, 5.74) is 3.33. The lowest BCUT2D eigenvalue weighted by molar-refractivity contribution is 0.142. The highest BCUT2D eigenvalue weighted by molar-refractivity contribution is 5.44. The van der Waals surface area contributed by atoms with Crippen LogP contribution < -0.4 is 4.74 Å². The van der Waals surface area contributed by atoms with Gasteiger partial charge in [-0.05, 0) is 73.3 Å². The van der Waals surface area contributed by atoms with E-state index in [1.165, 1.54) is 25.7 Å². The Balaban J connectivity index is 1.82. The van der Waals surface area contributed by atoms with Crippen LogP contribution in [0.25, 0.3) is 0 Å². The first-order valence-electron chi connectivity index (χ1n) is 7.46. The number of aliphatic hydroxyl groups excluding tert-OH is 1. The molecule has 2 aliphatic carbocycles. The molecule has 19 heavy (non-hydrogen) atoms. The van der Waals surface area contributed by atoms with Gasteiger partial charge in [0.25, 0.3) is 0 Å². The Bertz CT molecular complexity index is 445. The topological polar surface area (TPSA) is 29.5 Å². The zero-order valence-corrected chi connectivity index (χ0v) is 12.1. The highest BCUT2D eigenvalue weighted by Gasteiger charge is 2.54. The van der Waals surface area contributed by atoms with Crippen LogP contribution in [0.15, 0.2) is 12.1 Å². The zero-order valence-electron chi connectivity index (χ0n) is 12.1. The first kappa shape index (κ1) is 13.0. The normalized spacial score (nSPS) is 30.6. The minimum absolute atomic E-state index is 0.281. The SMILES string of the molecule is COc1c(C)cc(C(O)C2C3CCCCC32)cc1C. The molecule has 2 saturated carbocycles. The smallest absolute Gasteiger partial charge is 0.124 e. The summed E-state index contributed by atoms with van der Waals surface area (Å²) in [6, 6.07) is 4.20. The Labute approximate surface area is 115 Å². The summed E-state index contributed by atoms with van der Waals surface area (Å²) < 4.78 is 5.40. The van der Waals surface area contributed by atoms with Crippen molar-refractivity contribution in [3.8, 4) is 5.75 Å². The van der Waals surface area contributed by atoms with Crippen LogP contribution in [-0.4, -0.2) is 12.2 Å². The molecule has 0 saturated heterocycles. The van der Waals surface area contributed by atoms with Crippen LogP contribution in [0.5, 0.6) is 5.75 Å². The molecule has 104 valence electrons. The van der Waals surface area contributed by atoms with Gasteiger partial charge >= 0.3 is 0 Å². The molecule has 0 radical (unpaired) electrons. The van der Waals surface area contributed by atoms with Crippen molar-refractivity contribution in [2.45, 2.75) is 45.6 Å². The third-order valence-electron chi connectivity index (χ3n) is 5.12. The van der Waals surface area contributed by atoms with E-state index in [4.69, 9.17) is 4.74 Å². The Kier molecular flexibility index (Phi) is 3.30. The monoisotopic (exact) mass is 260 g/mol. The van der Waals surface area contributed by atoms with Crippen LogP contribution in [0.2, 0.25) is 0 Å². The van der Waals surface area contributed by atoms with Gasteiger partial charge in [0, 0.05) is 0 Å². The molecule has 3 atom stereocenters. The lowest BCUT2D eigenvalue weighted by atomic mass is 9.98. The van der Waals surface area contributed by atoms with Crippen LogP contribution in [0.3, 0.4) is 0 Å². The molecule has 0 amide bonds. The van der Waals surface area contributed by atoms with Gasteiger partial charge in [-0.1, -0.05) is 12.8 Å². The lowest BCUT2D eigenvalue weighted by Gasteiger charge is -2.16. The van der Waals surface area contributed by atoms with E-state index < -0.39 is 0 Å². The second-order valence-electron chi connectivity index (χ2n) is 6.32. The number of methoxy groups -OCH3 is 1. The Hall–Kier alpha value is -1.02. The van der Waals surface area contributed by atoms with Crippen molar-refractivity contribution in [1.29, 1.82) is 0 Å². The maximum atomic E-state index is 10.7. The van der Waals surface area contributed by atoms with Gasteiger partial charge in [-0.2, -0.15) is 0 Å². The van der Waals surface area contributed by atoms with Crippen LogP contribution in [0.1, 0.15) is 48.5 Å². The van der Waals surface area contributed by atoms with E-state index in [0.717, 1.165) is 34.3 Å². The molecule has 2 aliphatic rings. The summed E-state index contributed by atoms with van der Waals surface area (Å²) >= 11 is 0. The number of aryl methyl sites for hydroxylation is 2. The number of aliphatic hydroxyl groups is 1. The maximum absolute atomic E-state index is 10.7. The van der Waals surface area contributed by atoms with Gasteiger partial charge in [-0.15, -0.1) is 0 Å². The third-order valence-corrected chi connectivity index (χ3v) is 5.12. The Morgan fingerprint density at radius 3 is 2.11 bits per heavy atom. The lowest BCUT2D eigenvalue weighted by Crippen LogP contribution is -2.04. The molecule has 2 heteroatoms. The number of fused-ring (bicyclic) bond motifs is 1. The van der Waals surface area contributed by atoms with Crippen LogP contribution in [0, 0.1) is 31.6 Å². The highest BCUT2D eigenvalue weighted by atomic mass is 16.5. The van der Waals surface area contributed by atoms with Gasteiger partial charge in [0.2, 0.25) is 0 Å². The summed E-state index contributed by atoms with van der Waals surface area (Å²) in [7, 11) is 1.71. The van der Waals surface area contributed by atoms with E-state index in [2.05, 4.69) is 26.0 Å². The van der Waals surface area contributed by atoms with Crippen molar-refractivity contribution in [1.82, 2.24) is 0 Å². The number of ether oxygens (including phenoxy) is 1. The Morgan fingerprint density at radius 1 is 1.11 bits per heavy atom. The maximum Gasteiger partial charge on any atom is 0.124 e. The molecule has 3 unspecified atom stereocenters. The van der Waals surface area contributed by atoms with Gasteiger partial charge in [0.15, 0.2) is 0 Å². The highest BCUT2D eigenvalue weighted by Crippen LogP contribution is 2.60. The van der Waals surface area contributed by atoms with Crippen LogP contribution >= 0.6 is 0 Å². The molecule has 2 nitrogen and oxygen atoms in total. The molecule has 0 spiro atoms. The standard InChI is InChI=1S/C17H24O2/c1-10-8-12(9-11(2)17(10)19-3)16(18)15-13-6-4-5-7-14(13)15/h8-9,13-16,18H,4-7H2,1-3H3. The second kappa shape index (κ2) is 4.82. The van der Waals surface area contributed by atoms with Crippen LogP contribution in [0.4, 0.5) is 0 Å². The van der Waals surface area contributed by atoms with E-state index in [9.17, 15) is 5.11 Å². The summed E-state index contributed by atoms with van der Waals surface area (Å²) in [5.74, 6) is 3.02. The first-order valence-corrected chi connectivity index (χ1v) is 7.46. The molecule has 0 heterocycles. The van der Waals surface area contributed by atoms with E-state index in [1.807, 2.05) is 0 Å². The van der Waals surface area contributed by atoms with Crippen molar-refractivity contribution < 1.29 is 9.84 Å². The molecule has 3 rings (SSSR count). The molecule has 0 bridgehead atoms. The minimum atomic E-state index is -0.281. The van der Waals surface area contributed by atoms with Gasteiger partial charge < -0.3 is 9.84 Å². The molecular weight excluding hydrogens is 236 g/mol. The number of hydrogen-bond donors (Lipinski definition) is 1. The Morgan fingerprint density at radius 2 is 1.63 bits per heavy atom. The molecular formula is C17H24O2. The molecule has 0 aromatic heterocycles. The predicted molar refractivity (Wildman–Crippen MR) is 76.4 cm³/mol. The molecule has 0 aliphatic heterocycles. The van der Waals surface area contributed by atoms with E-state index >= 15 is 0 Å². The number of benzene rings is 1. The third kappa shape index (κ3) is 2.16. The van der Waals surface area contributed by atoms with Crippen molar-refractivity contribution in [3.63, 3.8) is 0 Å². The van der Waals surface area contributed by atoms with E-state index in [-0.39, 0.29) is 6.10 Å². The van der Waals surface area contributed by atoms with E-state index in [1.54, 1.807) is 7.11 Å². The molecule has 2 fully saturated rings. The summed E-state index contributed by atoms with van der Waals surface area (Å²) in [6.07, 6.45) is 5.06. The van der Waals surface area contributed by atoms with Crippen molar-refractivity contribution >= 4 is 0 Å². The summed E-state index contributed by atoms with van der Waals surface area (Å²) in [6.45, 7) is 4.12. The van der Waals surface area contributed by atoms with Gasteiger partial charge in [-0.3, -0.25) is 0 Å². The number of hydrogen-bond acceptors (Lipinski definition) is 2. The van der Waals surface area contributed by atoms with Crippen molar-refractivity contribution in [3.05, 3.63) is 28.8 Å². The van der Waals surface area contributed by atoms with Gasteiger partial charge in [0.05, 0.1) is 13.2 Å². The van der Waals surface area contributed by atoms with Crippen LogP contribution in [-0.2, 0) is 0 Å². The zero-order chi connectivity index (χ0) is 13.6.